The van der Waals surface area contributed by atoms with Crippen molar-refractivity contribution in [1.82, 2.24) is 0 Å². The first-order chi connectivity index (χ1) is 7.81. The third-order valence-corrected chi connectivity index (χ3v) is 2.77. The second-order valence-electron chi connectivity index (χ2n) is 2.82. The fourth-order valence-corrected chi connectivity index (χ4v) is 2.01. The van der Waals surface area contributed by atoms with Crippen LogP contribution in [-0.2, 0) is 18.9 Å². The molecule has 0 aromatic rings. The van der Waals surface area contributed by atoms with Gasteiger partial charge in [-0.2, -0.15) is 4.86 Å². The van der Waals surface area contributed by atoms with E-state index in [0.29, 0.717) is 25.7 Å². The molecule has 0 bridgehead atoms. The lowest BCUT2D eigenvalue weighted by molar-refractivity contribution is -0.0760. The SMILES string of the molecule is CCOB(OF)OC1SCCN=C1OCC. The van der Waals surface area contributed by atoms with Crippen molar-refractivity contribution in [3.8, 4) is 0 Å². The number of nitrogens with zero attached hydrogens (tertiary/aromatic N) is 1. The summed E-state index contributed by atoms with van der Waals surface area (Å²) in [5.41, 5.74) is -0.471. The molecule has 0 saturated heterocycles. The van der Waals surface area contributed by atoms with E-state index >= 15 is 0 Å². The van der Waals surface area contributed by atoms with Crippen LogP contribution in [-0.4, -0.2) is 44.2 Å². The van der Waals surface area contributed by atoms with E-state index in [1.165, 1.54) is 11.8 Å². The van der Waals surface area contributed by atoms with Crippen molar-refractivity contribution in [2.45, 2.75) is 19.3 Å². The third kappa shape index (κ3) is 4.29. The molecule has 1 atom stereocenters. The molecular formula is C8H15BFNO4S. The second-order valence-corrected chi connectivity index (χ2v) is 3.99. The standard InChI is InChI=1S/C8H15BFNO4S/c1-3-12-7-8(16-6-5-11-7)14-9(15-10)13-4-2/h8H,3-6H2,1-2H3. The van der Waals surface area contributed by atoms with Crippen LogP contribution in [0.2, 0.25) is 0 Å². The molecule has 0 aromatic carbocycles. The summed E-state index contributed by atoms with van der Waals surface area (Å²) >= 11 is 1.48. The van der Waals surface area contributed by atoms with Gasteiger partial charge in [0.15, 0.2) is 5.44 Å². The molecule has 0 aromatic heterocycles. The van der Waals surface area contributed by atoms with Crippen molar-refractivity contribution in [3.05, 3.63) is 0 Å². The highest BCUT2D eigenvalue weighted by atomic mass is 32.2. The lowest BCUT2D eigenvalue weighted by Gasteiger charge is -2.23. The fraction of sp³-hybridized carbons (Fsp3) is 0.875. The van der Waals surface area contributed by atoms with Crippen LogP contribution >= 0.6 is 11.8 Å². The topological polar surface area (TPSA) is 49.3 Å². The maximum atomic E-state index is 12.1. The van der Waals surface area contributed by atoms with Gasteiger partial charge in [-0.1, -0.05) is 4.53 Å². The summed E-state index contributed by atoms with van der Waals surface area (Å²) in [6, 6.07) is 0. The molecule has 5 nitrogen and oxygen atoms in total. The average molecular weight is 251 g/mol. The molecule has 0 amide bonds. The number of halogens is 1. The first kappa shape index (κ1) is 13.8. The van der Waals surface area contributed by atoms with E-state index in [4.69, 9.17) is 14.0 Å². The fourth-order valence-electron chi connectivity index (χ4n) is 1.14. The molecule has 0 spiro atoms. The zero-order chi connectivity index (χ0) is 11.8. The maximum absolute atomic E-state index is 12.1. The van der Waals surface area contributed by atoms with Crippen LogP contribution in [0, 0.1) is 0 Å². The van der Waals surface area contributed by atoms with Crippen LogP contribution in [0.3, 0.4) is 0 Å². The van der Waals surface area contributed by atoms with Crippen molar-refractivity contribution in [2.75, 3.05) is 25.5 Å². The van der Waals surface area contributed by atoms with Gasteiger partial charge in [0.2, 0.25) is 5.90 Å². The first-order valence-corrected chi connectivity index (χ1v) is 6.19. The zero-order valence-electron chi connectivity index (χ0n) is 9.35. The van der Waals surface area contributed by atoms with E-state index in [-0.39, 0.29) is 0 Å². The van der Waals surface area contributed by atoms with Crippen molar-refractivity contribution in [1.29, 1.82) is 0 Å². The van der Waals surface area contributed by atoms with Gasteiger partial charge in [-0.05, 0) is 13.8 Å². The smallest absolute Gasteiger partial charge is 0.479 e. The van der Waals surface area contributed by atoms with Crippen molar-refractivity contribution in [3.63, 3.8) is 0 Å². The Bertz CT molecular complexity index is 234. The van der Waals surface area contributed by atoms with Crippen LogP contribution in [0.4, 0.5) is 4.53 Å². The predicted octanol–water partition coefficient (Wildman–Crippen LogP) is 1.43. The summed E-state index contributed by atoms with van der Waals surface area (Å²) in [7, 11) is -1.33. The molecule has 1 aliphatic heterocycles. The molecule has 0 radical (unpaired) electrons. The quantitative estimate of drug-likeness (QED) is 0.668. The van der Waals surface area contributed by atoms with Gasteiger partial charge in [-0.15, -0.1) is 11.8 Å². The summed E-state index contributed by atoms with van der Waals surface area (Å²) in [5, 5.41) is 0. The number of ether oxygens (including phenoxy) is 1. The van der Waals surface area contributed by atoms with E-state index in [1.807, 2.05) is 6.92 Å². The summed E-state index contributed by atoms with van der Waals surface area (Å²) in [5.74, 6) is 1.26. The largest absolute Gasteiger partial charge is 0.673 e. The van der Waals surface area contributed by atoms with Gasteiger partial charge in [0, 0.05) is 12.4 Å². The molecule has 92 valence electrons. The van der Waals surface area contributed by atoms with Gasteiger partial charge in [0.25, 0.3) is 0 Å². The van der Waals surface area contributed by atoms with Gasteiger partial charge >= 0.3 is 7.32 Å². The van der Waals surface area contributed by atoms with Gasteiger partial charge in [-0.3, -0.25) is 4.99 Å². The second kappa shape index (κ2) is 7.89. The van der Waals surface area contributed by atoms with Gasteiger partial charge in [-0.25, -0.2) is 0 Å². The first-order valence-electron chi connectivity index (χ1n) is 5.15. The number of hydrogen-bond donors (Lipinski definition) is 0. The molecular weight excluding hydrogens is 236 g/mol. The lowest BCUT2D eigenvalue weighted by atomic mass is 10.2. The van der Waals surface area contributed by atoms with Crippen molar-refractivity contribution < 1.29 is 23.4 Å². The Balaban J connectivity index is 2.49. The number of hydrogen-bond acceptors (Lipinski definition) is 6. The van der Waals surface area contributed by atoms with Crippen molar-refractivity contribution >= 4 is 25.0 Å². The van der Waals surface area contributed by atoms with Crippen LogP contribution in [0.15, 0.2) is 4.99 Å². The highest BCUT2D eigenvalue weighted by Gasteiger charge is 2.32. The lowest BCUT2D eigenvalue weighted by Crippen LogP contribution is -2.36. The maximum Gasteiger partial charge on any atom is 0.673 e. The van der Waals surface area contributed by atoms with Gasteiger partial charge in [0.1, 0.15) is 0 Å². The molecule has 0 aliphatic carbocycles. The van der Waals surface area contributed by atoms with Gasteiger partial charge in [0.05, 0.1) is 13.2 Å². The molecule has 0 saturated carbocycles. The van der Waals surface area contributed by atoms with Crippen LogP contribution in [0.5, 0.6) is 0 Å². The van der Waals surface area contributed by atoms with Crippen LogP contribution in [0.25, 0.3) is 0 Å². The average Bonchev–Trinajstić information content (AvgIpc) is 2.31. The van der Waals surface area contributed by atoms with E-state index < -0.39 is 12.8 Å². The molecule has 0 fully saturated rings. The summed E-state index contributed by atoms with van der Waals surface area (Å²) in [6.07, 6.45) is 0. The highest BCUT2D eigenvalue weighted by molar-refractivity contribution is 8.00. The van der Waals surface area contributed by atoms with E-state index in [9.17, 15) is 4.53 Å². The normalized spacial score (nSPS) is 20.4. The minimum Gasteiger partial charge on any atom is -0.479 e. The van der Waals surface area contributed by atoms with Gasteiger partial charge < -0.3 is 14.0 Å². The summed E-state index contributed by atoms with van der Waals surface area (Å²) < 4.78 is 27.5. The molecule has 1 unspecified atom stereocenters. The van der Waals surface area contributed by atoms with Crippen molar-refractivity contribution in [2.24, 2.45) is 4.99 Å². The Labute approximate surface area is 98.8 Å². The monoisotopic (exact) mass is 251 g/mol. The van der Waals surface area contributed by atoms with Crippen LogP contribution < -0.4 is 0 Å². The Morgan fingerprint density at radius 3 is 2.94 bits per heavy atom. The number of aliphatic imine (C=N–C) groups is 1. The van der Waals surface area contributed by atoms with E-state index in [0.717, 1.165) is 5.75 Å². The number of rotatable bonds is 6. The number of thioether (sulfide) groups is 1. The van der Waals surface area contributed by atoms with Crippen LogP contribution in [0.1, 0.15) is 13.8 Å². The Hall–Kier alpha value is -0.305. The minimum absolute atomic E-state index is 0.299. The third-order valence-electron chi connectivity index (χ3n) is 1.73. The highest BCUT2D eigenvalue weighted by Crippen LogP contribution is 2.20. The molecule has 1 aliphatic rings. The van der Waals surface area contributed by atoms with E-state index in [2.05, 4.69) is 9.85 Å². The molecule has 1 heterocycles. The Morgan fingerprint density at radius 1 is 1.50 bits per heavy atom. The molecule has 1 rings (SSSR count). The summed E-state index contributed by atoms with van der Waals surface area (Å²) in [6.45, 7) is 5.04. The summed E-state index contributed by atoms with van der Waals surface area (Å²) in [4.78, 5) is 7.71. The predicted molar refractivity (Wildman–Crippen MR) is 60.8 cm³/mol. The molecule has 0 N–H and O–H groups in total. The zero-order valence-corrected chi connectivity index (χ0v) is 10.2. The minimum atomic E-state index is -1.33. The molecule has 8 heteroatoms. The molecule has 16 heavy (non-hydrogen) atoms. The Kier molecular flexibility index (Phi) is 6.78. The Morgan fingerprint density at radius 2 is 2.31 bits per heavy atom. The van der Waals surface area contributed by atoms with E-state index in [1.54, 1.807) is 6.92 Å².